The molecule has 0 aliphatic heterocycles. The predicted molar refractivity (Wildman–Crippen MR) is 68.1 cm³/mol. The van der Waals surface area contributed by atoms with E-state index in [1.54, 1.807) is 36.5 Å². The van der Waals surface area contributed by atoms with E-state index in [4.69, 9.17) is 22.6 Å². The first-order valence-corrected chi connectivity index (χ1v) is 5.25. The summed E-state index contributed by atoms with van der Waals surface area (Å²) in [7, 11) is 0. The highest BCUT2D eigenvalue weighted by molar-refractivity contribution is 6.33. The lowest BCUT2D eigenvalue weighted by molar-refractivity contribution is 1.33. The predicted octanol–water partition coefficient (Wildman–Crippen LogP) is 2.93. The quantitative estimate of drug-likeness (QED) is 0.852. The molecule has 0 saturated heterocycles. The van der Waals surface area contributed by atoms with E-state index in [1.165, 1.54) is 0 Å². The molecule has 5 heteroatoms. The minimum Gasteiger partial charge on any atom is -0.382 e. The average molecular weight is 245 g/mol. The minimum atomic E-state index is 0.396. The molecule has 1 aromatic heterocycles. The molecule has 17 heavy (non-hydrogen) atoms. The summed E-state index contributed by atoms with van der Waals surface area (Å²) in [5, 5.41) is 12.3. The van der Waals surface area contributed by atoms with E-state index in [0.717, 1.165) is 0 Å². The second kappa shape index (κ2) is 4.73. The summed E-state index contributed by atoms with van der Waals surface area (Å²) in [5.74, 6) is 0.396. The van der Waals surface area contributed by atoms with Crippen LogP contribution in [0.5, 0.6) is 0 Å². The van der Waals surface area contributed by atoms with Crippen molar-refractivity contribution in [2.75, 3.05) is 11.1 Å². The van der Waals surface area contributed by atoms with Gasteiger partial charge in [-0.05, 0) is 30.3 Å². The van der Waals surface area contributed by atoms with E-state index in [0.29, 0.717) is 27.8 Å². The first-order valence-electron chi connectivity index (χ1n) is 4.88. The topological polar surface area (TPSA) is 74.7 Å². The third-order valence-electron chi connectivity index (χ3n) is 2.21. The number of pyridine rings is 1. The summed E-state index contributed by atoms with van der Waals surface area (Å²) in [6.45, 7) is 0. The van der Waals surface area contributed by atoms with Gasteiger partial charge in [-0.2, -0.15) is 5.26 Å². The molecule has 0 bridgehead atoms. The normalized spacial score (nSPS) is 9.65. The third kappa shape index (κ3) is 2.47. The Bertz CT molecular complexity index is 589. The van der Waals surface area contributed by atoms with Gasteiger partial charge in [0.1, 0.15) is 5.82 Å². The van der Waals surface area contributed by atoms with Gasteiger partial charge in [0.25, 0.3) is 0 Å². The molecule has 0 aliphatic carbocycles. The van der Waals surface area contributed by atoms with Crippen molar-refractivity contribution >= 4 is 28.8 Å². The van der Waals surface area contributed by atoms with Gasteiger partial charge in [-0.25, -0.2) is 4.98 Å². The number of rotatable bonds is 2. The number of nitrogens with two attached hydrogens (primary N) is 1. The summed E-state index contributed by atoms with van der Waals surface area (Å²) in [6.07, 6.45) is 1.61. The van der Waals surface area contributed by atoms with Crippen LogP contribution in [-0.2, 0) is 0 Å². The molecule has 0 saturated carbocycles. The number of anilines is 3. The van der Waals surface area contributed by atoms with Gasteiger partial charge in [0, 0.05) is 6.20 Å². The molecule has 0 aliphatic rings. The Morgan fingerprint density at radius 1 is 1.29 bits per heavy atom. The molecule has 2 rings (SSSR count). The molecular formula is C12H9ClN4. The first-order chi connectivity index (χ1) is 8.20. The summed E-state index contributed by atoms with van der Waals surface area (Å²) in [5.41, 5.74) is 7.58. The smallest absolute Gasteiger partial charge is 0.147 e. The van der Waals surface area contributed by atoms with Crippen molar-refractivity contribution in [1.82, 2.24) is 4.98 Å². The molecule has 1 heterocycles. The SMILES string of the molecule is N#Cc1ccc(Nc2cccnc2N)c(Cl)c1. The second-order valence-electron chi connectivity index (χ2n) is 3.37. The van der Waals surface area contributed by atoms with Crippen LogP contribution in [0.1, 0.15) is 5.56 Å². The first kappa shape index (κ1) is 11.2. The zero-order valence-electron chi connectivity index (χ0n) is 8.81. The molecule has 0 atom stereocenters. The van der Waals surface area contributed by atoms with E-state index in [9.17, 15) is 0 Å². The zero-order chi connectivity index (χ0) is 12.3. The van der Waals surface area contributed by atoms with Gasteiger partial charge in [-0.3, -0.25) is 0 Å². The number of benzene rings is 1. The largest absolute Gasteiger partial charge is 0.382 e. The number of hydrogen-bond donors (Lipinski definition) is 2. The van der Waals surface area contributed by atoms with E-state index < -0.39 is 0 Å². The second-order valence-corrected chi connectivity index (χ2v) is 3.77. The Labute approximate surface area is 104 Å². The molecular weight excluding hydrogens is 236 g/mol. The number of nitrogen functional groups attached to an aromatic ring is 1. The van der Waals surface area contributed by atoms with Crippen molar-refractivity contribution in [3.63, 3.8) is 0 Å². The monoisotopic (exact) mass is 244 g/mol. The number of halogens is 1. The molecule has 1 aromatic carbocycles. The summed E-state index contributed by atoms with van der Waals surface area (Å²) >= 11 is 6.04. The number of nitrogens with one attached hydrogen (secondary N) is 1. The van der Waals surface area contributed by atoms with Gasteiger partial charge < -0.3 is 11.1 Å². The lowest BCUT2D eigenvalue weighted by Crippen LogP contribution is -1.98. The van der Waals surface area contributed by atoms with Crippen LogP contribution in [0.15, 0.2) is 36.5 Å². The molecule has 84 valence electrons. The molecule has 0 amide bonds. The van der Waals surface area contributed by atoms with Crippen LogP contribution in [0.2, 0.25) is 5.02 Å². The maximum Gasteiger partial charge on any atom is 0.147 e. The Hall–Kier alpha value is -2.25. The summed E-state index contributed by atoms with van der Waals surface area (Å²) < 4.78 is 0. The number of nitriles is 1. The van der Waals surface area contributed by atoms with Crippen LogP contribution in [0.3, 0.4) is 0 Å². The highest BCUT2D eigenvalue weighted by atomic mass is 35.5. The third-order valence-corrected chi connectivity index (χ3v) is 2.52. The van der Waals surface area contributed by atoms with E-state index >= 15 is 0 Å². The van der Waals surface area contributed by atoms with Gasteiger partial charge in [0.05, 0.1) is 28.0 Å². The minimum absolute atomic E-state index is 0.396. The van der Waals surface area contributed by atoms with Crippen LogP contribution in [-0.4, -0.2) is 4.98 Å². The molecule has 0 fully saturated rings. The van der Waals surface area contributed by atoms with Crippen LogP contribution >= 0.6 is 11.6 Å². The molecule has 0 spiro atoms. The Morgan fingerprint density at radius 3 is 2.76 bits per heavy atom. The van der Waals surface area contributed by atoms with Crippen molar-refractivity contribution in [3.05, 3.63) is 47.1 Å². The van der Waals surface area contributed by atoms with Crippen LogP contribution in [0.4, 0.5) is 17.2 Å². The van der Waals surface area contributed by atoms with Crippen LogP contribution in [0, 0.1) is 11.3 Å². The van der Waals surface area contributed by atoms with Crippen molar-refractivity contribution in [2.24, 2.45) is 0 Å². The van der Waals surface area contributed by atoms with Crippen LogP contribution in [0.25, 0.3) is 0 Å². The fourth-order valence-electron chi connectivity index (χ4n) is 1.35. The number of aromatic nitrogens is 1. The Morgan fingerprint density at radius 2 is 2.12 bits per heavy atom. The highest BCUT2D eigenvalue weighted by Crippen LogP contribution is 2.27. The maximum atomic E-state index is 8.73. The number of hydrogen-bond acceptors (Lipinski definition) is 4. The van der Waals surface area contributed by atoms with Crippen molar-refractivity contribution in [1.29, 1.82) is 5.26 Å². The summed E-state index contributed by atoms with van der Waals surface area (Å²) in [6, 6.07) is 10.6. The van der Waals surface area contributed by atoms with Crippen molar-refractivity contribution in [3.8, 4) is 6.07 Å². The van der Waals surface area contributed by atoms with Crippen molar-refractivity contribution < 1.29 is 0 Å². The fourth-order valence-corrected chi connectivity index (χ4v) is 1.58. The Kier molecular flexibility index (Phi) is 3.12. The molecule has 0 radical (unpaired) electrons. The number of nitrogens with zero attached hydrogens (tertiary/aromatic N) is 2. The Balaban J connectivity index is 2.32. The molecule has 3 N–H and O–H groups in total. The maximum absolute atomic E-state index is 8.73. The average Bonchev–Trinajstić information content (AvgIpc) is 2.34. The molecule has 0 unspecified atom stereocenters. The highest BCUT2D eigenvalue weighted by Gasteiger charge is 2.04. The van der Waals surface area contributed by atoms with Gasteiger partial charge >= 0.3 is 0 Å². The lowest BCUT2D eigenvalue weighted by Gasteiger charge is -2.09. The van der Waals surface area contributed by atoms with Gasteiger partial charge in [0.15, 0.2) is 0 Å². The van der Waals surface area contributed by atoms with E-state index in [2.05, 4.69) is 10.3 Å². The standard InChI is InChI=1S/C12H9ClN4/c13-9-6-8(7-14)3-4-10(9)17-11-2-1-5-16-12(11)15/h1-6,17H,(H2,15,16). The van der Waals surface area contributed by atoms with E-state index in [1.807, 2.05) is 6.07 Å². The van der Waals surface area contributed by atoms with Crippen LogP contribution < -0.4 is 11.1 Å². The lowest BCUT2D eigenvalue weighted by atomic mass is 10.2. The molecule has 4 nitrogen and oxygen atoms in total. The van der Waals surface area contributed by atoms with Gasteiger partial charge in [-0.15, -0.1) is 0 Å². The zero-order valence-corrected chi connectivity index (χ0v) is 9.57. The van der Waals surface area contributed by atoms with Crippen molar-refractivity contribution in [2.45, 2.75) is 0 Å². The molecule has 2 aromatic rings. The van der Waals surface area contributed by atoms with Gasteiger partial charge in [-0.1, -0.05) is 11.6 Å². The summed E-state index contributed by atoms with van der Waals surface area (Å²) in [4.78, 5) is 3.96. The van der Waals surface area contributed by atoms with Gasteiger partial charge in [0.2, 0.25) is 0 Å². The fraction of sp³-hybridized carbons (Fsp3) is 0. The van der Waals surface area contributed by atoms with E-state index in [-0.39, 0.29) is 0 Å².